The van der Waals surface area contributed by atoms with E-state index in [1.807, 2.05) is 36.4 Å². The number of benzene rings is 3. The van der Waals surface area contributed by atoms with Gasteiger partial charge in [0.05, 0.1) is 25.6 Å². The van der Waals surface area contributed by atoms with Gasteiger partial charge in [-0.25, -0.2) is 0 Å². The summed E-state index contributed by atoms with van der Waals surface area (Å²) >= 11 is 1.10. The maximum atomic E-state index is 12.8. The quantitative estimate of drug-likeness (QED) is 0.306. The van der Waals surface area contributed by atoms with Gasteiger partial charge in [0.15, 0.2) is 0 Å². The molecule has 35 heavy (non-hydrogen) atoms. The van der Waals surface area contributed by atoms with E-state index < -0.39 is 0 Å². The predicted octanol–water partition coefficient (Wildman–Crippen LogP) is 5.34. The first-order valence-electron chi connectivity index (χ1n) is 11.5. The molecule has 7 heteroatoms. The fraction of sp³-hybridized carbons (Fsp3) is 0.214. The largest absolute Gasteiger partial charge is 0.497 e. The van der Waals surface area contributed by atoms with Gasteiger partial charge in [-0.15, -0.1) is 0 Å². The second-order valence-corrected chi connectivity index (χ2v) is 8.86. The molecule has 0 spiro atoms. The molecule has 1 N–H and O–H groups in total. The molecule has 4 aromatic rings. The van der Waals surface area contributed by atoms with Crippen molar-refractivity contribution in [2.75, 3.05) is 20.8 Å². The van der Waals surface area contributed by atoms with E-state index in [4.69, 9.17) is 9.47 Å². The van der Waals surface area contributed by atoms with Gasteiger partial charge in [0.25, 0.3) is 5.91 Å². The maximum Gasteiger partial charge on any atom is 0.312 e. The number of nitrogens with zero attached hydrogens (tertiary/aromatic N) is 1. The Morgan fingerprint density at radius 3 is 2.54 bits per heavy atom. The van der Waals surface area contributed by atoms with Gasteiger partial charge in [0, 0.05) is 29.1 Å². The summed E-state index contributed by atoms with van der Waals surface area (Å²) in [6, 6.07) is 23.0. The number of aromatic nitrogens is 1. The highest BCUT2D eigenvalue weighted by Gasteiger charge is 2.17. The standard InChI is InChI=1S/C28H28N2O4S/c1-33-23-14-15-26(34-2)24(18-23)30-25(19-35-28(30)32)21-12-8-13-22(17-21)27(31)29-16-7-6-11-20-9-4-3-5-10-20/h3-5,8-10,12-15,17-19H,6-7,11,16H2,1-2H3,(H,29,31). The minimum absolute atomic E-state index is 0.130. The van der Waals surface area contributed by atoms with Crippen LogP contribution >= 0.6 is 11.3 Å². The van der Waals surface area contributed by atoms with Gasteiger partial charge in [-0.1, -0.05) is 53.8 Å². The Balaban J connectivity index is 1.49. The highest BCUT2D eigenvalue weighted by molar-refractivity contribution is 7.07. The number of carbonyl (C=O) groups is 1. The Morgan fingerprint density at radius 1 is 0.943 bits per heavy atom. The number of amides is 1. The fourth-order valence-electron chi connectivity index (χ4n) is 3.93. The number of unbranched alkanes of at least 4 members (excludes halogenated alkanes) is 1. The van der Waals surface area contributed by atoms with E-state index in [-0.39, 0.29) is 10.8 Å². The highest BCUT2D eigenvalue weighted by atomic mass is 32.1. The van der Waals surface area contributed by atoms with Gasteiger partial charge < -0.3 is 14.8 Å². The maximum absolute atomic E-state index is 12.8. The number of methoxy groups -OCH3 is 2. The average molecular weight is 489 g/mol. The zero-order valence-electron chi connectivity index (χ0n) is 19.8. The minimum Gasteiger partial charge on any atom is -0.497 e. The van der Waals surface area contributed by atoms with Crippen LogP contribution in [0.2, 0.25) is 0 Å². The molecule has 1 amide bonds. The van der Waals surface area contributed by atoms with E-state index in [0.29, 0.717) is 35.0 Å². The lowest BCUT2D eigenvalue weighted by molar-refractivity contribution is 0.0953. The van der Waals surface area contributed by atoms with Crippen molar-refractivity contribution < 1.29 is 14.3 Å². The molecule has 0 radical (unpaired) electrons. The Bertz CT molecular complexity index is 1340. The molecule has 0 unspecified atom stereocenters. The predicted molar refractivity (Wildman–Crippen MR) is 140 cm³/mol. The fourth-order valence-corrected chi connectivity index (χ4v) is 4.69. The van der Waals surface area contributed by atoms with Crippen LogP contribution in [-0.2, 0) is 6.42 Å². The number of rotatable bonds is 10. The summed E-state index contributed by atoms with van der Waals surface area (Å²) in [5.74, 6) is 1.04. The third-order valence-electron chi connectivity index (χ3n) is 5.76. The summed E-state index contributed by atoms with van der Waals surface area (Å²) in [6.45, 7) is 0.611. The zero-order valence-corrected chi connectivity index (χ0v) is 20.6. The van der Waals surface area contributed by atoms with Crippen molar-refractivity contribution in [3.8, 4) is 28.4 Å². The van der Waals surface area contributed by atoms with Crippen molar-refractivity contribution in [3.63, 3.8) is 0 Å². The first-order chi connectivity index (χ1) is 17.1. The molecule has 0 aliphatic rings. The van der Waals surface area contributed by atoms with Crippen molar-refractivity contribution >= 4 is 17.2 Å². The molecule has 180 valence electrons. The Labute approximate surface area is 208 Å². The number of carbonyl (C=O) groups excluding carboxylic acids is 1. The normalized spacial score (nSPS) is 10.7. The third kappa shape index (κ3) is 5.81. The topological polar surface area (TPSA) is 69.6 Å². The molecule has 1 heterocycles. The van der Waals surface area contributed by atoms with Crippen LogP contribution in [0.3, 0.4) is 0 Å². The van der Waals surface area contributed by atoms with E-state index in [0.717, 1.165) is 36.2 Å². The van der Waals surface area contributed by atoms with Crippen molar-refractivity contribution in [2.45, 2.75) is 19.3 Å². The van der Waals surface area contributed by atoms with E-state index in [1.165, 1.54) is 5.56 Å². The van der Waals surface area contributed by atoms with Crippen LogP contribution in [0.25, 0.3) is 16.9 Å². The van der Waals surface area contributed by atoms with Gasteiger partial charge in [0.1, 0.15) is 11.5 Å². The third-order valence-corrected chi connectivity index (χ3v) is 6.49. The number of ether oxygens (including phenoxy) is 2. The molecular formula is C28H28N2O4S. The average Bonchev–Trinajstić information content (AvgIpc) is 3.29. The lowest BCUT2D eigenvalue weighted by atomic mass is 10.1. The Kier molecular flexibility index (Phi) is 8.00. The van der Waals surface area contributed by atoms with Crippen LogP contribution in [0.5, 0.6) is 11.5 Å². The summed E-state index contributed by atoms with van der Waals surface area (Å²) in [5, 5.41) is 4.80. The smallest absolute Gasteiger partial charge is 0.312 e. The molecule has 0 bridgehead atoms. The minimum atomic E-state index is -0.153. The highest BCUT2D eigenvalue weighted by Crippen LogP contribution is 2.31. The molecular weight excluding hydrogens is 460 g/mol. The van der Waals surface area contributed by atoms with Gasteiger partial charge in [0.2, 0.25) is 0 Å². The van der Waals surface area contributed by atoms with Gasteiger partial charge in [-0.3, -0.25) is 14.2 Å². The van der Waals surface area contributed by atoms with Crippen LogP contribution in [0, 0.1) is 0 Å². The summed E-state index contributed by atoms with van der Waals surface area (Å²) < 4.78 is 12.4. The Hall–Kier alpha value is -3.84. The first kappa shape index (κ1) is 24.3. The van der Waals surface area contributed by atoms with Crippen LogP contribution in [0.1, 0.15) is 28.8 Å². The molecule has 3 aromatic carbocycles. The SMILES string of the molecule is COc1ccc(OC)c(-n2c(-c3cccc(C(=O)NCCCCc4ccccc4)c3)csc2=O)c1. The van der Waals surface area contributed by atoms with Crippen LogP contribution in [0.4, 0.5) is 0 Å². The van der Waals surface area contributed by atoms with Crippen molar-refractivity contribution in [3.05, 3.63) is 99.0 Å². The van der Waals surface area contributed by atoms with Crippen molar-refractivity contribution in [2.24, 2.45) is 0 Å². The molecule has 0 fully saturated rings. The molecule has 6 nitrogen and oxygen atoms in total. The lowest BCUT2D eigenvalue weighted by Gasteiger charge is -2.14. The number of thiazole rings is 1. The second kappa shape index (κ2) is 11.5. The van der Waals surface area contributed by atoms with Crippen LogP contribution in [-0.4, -0.2) is 31.2 Å². The second-order valence-electron chi connectivity index (χ2n) is 8.04. The number of aryl methyl sites for hydroxylation is 1. The van der Waals surface area contributed by atoms with E-state index in [9.17, 15) is 9.59 Å². The summed E-state index contributed by atoms with van der Waals surface area (Å²) in [5.41, 5.74) is 3.89. The zero-order chi connectivity index (χ0) is 24.6. The van der Waals surface area contributed by atoms with E-state index in [2.05, 4.69) is 17.4 Å². The molecule has 0 aliphatic heterocycles. The molecule has 0 atom stereocenters. The summed E-state index contributed by atoms with van der Waals surface area (Å²) in [7, 11) is 3.14. The molecule has 4 rings (SSSR count). The monoisotopic (exact) mass is 488 g/mol. The van der Waals surface area contributed by atoms with Crippen LogP contribution < -0.4 is 19.7 Å². The summed E-state index contributed by atoms with van der Waals surface area (Å²) in [6.07, 6.45) is 2.91. The Morgan fingerprint density at radius 2 is 1.77 bits per heavy atom. The van der Waals surface area contributed by atoms with Crippen molar-refractivity contribution in [1.82, 2.24) is 9.88 Å². The lowest BCUT2D eigenvalue weighted by Crippen LogP contribution is -2.24. The number of hydrogen-bond donors (Lipinski definition) is 1. The van der Waals surface area contributed by atoms with Gasteiger partial charge >= 0.3 is 4.87 Å². The number of nitrogens with one attached hydrogen (secondary N) is 1. The molecule has 0 saturated heterocycles. The van der Waals surface area contributed by atoms with Crippen molar-refractivity contribution in [1.29, 1.82) is 0 Å². The van der Waals surface area contributed by atoms with Crippen LogP contribution in [0.15, 0.2) is 83.0 Å². The summed E-state index contributed by atoms with van der Waals surface area (Å²) in [4.78, 5) is 25.5. The first-order valence-corrected chi connectivity index (χ1v) is 12.3. The van der Waals surface area contributed by atoms with Gasteiger partial charge in [-0.2, -0.15) is 0 Å². The molecule has 0 saturated carbocycles. The van der Waals surface area contributed by atoms with E-state index in [1.54, 1.807) is 48.4 Å². The van der Waals surface area contributed by atoms with E-state index >= 15 is 0 Å². The molecule has 1 aromatic heterocycles. The van der Waals surface area contributed by atoms with Gasteiger partial charge in [-0.05, 0) is 49.1 Å². The number of hydrogen-bond acceptors (Lipinski definition) is 5. The molecule has 0 aliphatic carbocycles.